The SMILES string of the molecule is CNC(=O)OC(C)(c1ccccc1)c1ccccc1. The van der Waals surface area contributed by atoms with Crippen LogP contribution in [0.4, 0.5) is 4.79 Å². The first-order valence-corrected chi connectivity index (χ1v) is 6.18. The summed E-state index contributed by atoms with van der Waals surface area (Å²) in [6.07, 6.45) is -0.449. The van der Waals surface area contributed by atoms with Crippen molar-refractivity contribution in [3.8, 4) is 0 Å². The lowest BCUT2D eigenvalue weighted by Crippen LogP contribution is -2.34. The van der Waals surface area contributed by atoms with Crippen molar-refractivity contribution in [2.24, 2.45) is 0 Å². The van der Waals surface area contributed by atoms with Crippen LogP contribution in [0.25, 0.3) is 0 Å². The Kier molecular flexibility index (Phi) is 3.85. The van der Waals surface area contributed by atoms with Gasteiger partial charge in [-0.15, -0.1) is 0 Å². The molecule has 0 bridgehead atoms. The molecule has 0 aromatic heterocycles. The maximum Gasteiger partial charge on any atom is 0.408 e. The zero-order chi connectivity index (χ0) is 13.7. The van der Waals surface area contributed by atoms with E-state index in [-0.39, 0.29) is 0 Å². The van der Waals surface area contributed by atoms with E-state index in [9.17, 15) is 4.79 Å². The third-order valence-electron chi connectivity index (χ3n) is 3.15. The van der Waals surface area contributed by atoms with Crippen LogP contribution in [-0.2, 0) is 10.3 Å². The number of amides is 1. The topological polar surface area (TPSA) is 38.3 Å². The first-order chi connectivity index (χ1) is 9.16. The van der Waals surface area contributed by atoms with Gasteiger partial charge in [0.15, 0.2) is 5.60 Å². The number of benzene rings is 2. The average molecular weight is 255 g/mol. The van der Waals surface area contributed by atoms with Gasteiger partial charge in [0.1, 0.15) is 0 Å². The summed E-state index contributed by atoms with van der Waals surface area (Å²) in [5.41, 5.74) is 1.07. The summed E-state index contributed by atoms with van der Waals surface area (Å²) >= 11 is 0. The lowest BCUT2D eigenvalue weighted by Gasteiger charge is -2.30. The van der Waals surface area contributed by atoms with Crippen LogP contribution in [0.5, 0.6) is 0 Å². The number of carbonyl (C=O) groups excluding carboxylic acids is 1. The summed E-state index contributed by atoms with van der Waals surface area (Å²) in [6, 6.07) is 19.4. The van der Waals surface area contributed by atoms with Gasteiger partial charge in [0, 0.05) is 7.05 Å². The van der Waals surface area contributed by atoms with Crippen LogP contribution in [0.2, 0.25) is 0 Å². The van der Waals surface area contributed by atoms with Gasteiger partial charge in [0.05, 0.1) is 0 Å². The highest BCUT2D eigenvalue weighted by Crippen LogP contribution is 2.33. The smallest absolute Gasteiger partial charge is 0.408 e. The molecular formula is C16H17NO2. The van der Waals surface area contributed by atoms with E-state index in [1.54, 1.807) is 7.05 Å². The molecule has 0 aliphatic rings. The van der Waals surface area contributed by atoms with Gasteiger partial charge in [-0.05, 0) is 18.1 Å². The van der Waals surface area contributed by atoms with Crippen LogP contribution >= 0.6 is 0 Å². The van der Waals surface area contributed by atoms with Gasteiger partial charge in [-0.2, -0.15) is 0 Å². The molecule has 0 radical (unpaired) electrons. The number of rotatable bonds is 3. The third-order valence-corrected chi connectivity index (χ3v) is 3.15. The van der Waals surface area contributed by atoms with E-state index >= 15 is 0 Å². The minimum Gasteiger partial charge on any atom is -0.433 e. The van der Waals surface area contributed by atoms with Crippen LogP contribution in [-0.4, -0.2) is 13.1 Å². The molecule has 1 N–H and O–H groups in total. The predicted octanol–water partition coefficient (Wildman–Crippen LogP) is 3.31. The summed E-state index contributed by atoms with van der Waals surface area (Å²) < 4.78 is 5.61. The van der Waals surface area contributed by atoms with Crippen LogP contribution in [0.15, 0.2) is 60.7 Å². The Morgan fingerprint density at radius 2 is 1.37 bits per heavy atom. The summed E-state index contributed by atoms with van der Waals surface area (Å²) in [6.45, 7) is 1.90. The minimum absolute atomic E-state index is 0.449. The molecule has 98 valence electrons. The second-order valence-corrected chi connectivity index (χ2v) is 4.40. The molecule has 1 amide bonds. The molecule has 2 aromatic rings. The van der Waals surface area contributed by atoms with Gasteiger partial charge < -0.3 is 10.1 Å². The Hall–Kier alpha value is -2.29. The molecule has 3 nitrogen and oxygen atoms in total. The summed E-state index contributed by atoms with van der Waals surface area (Å²) in [4.78, 5) is 11.6. The fraction of sp³-hybridized carbons (Fsp3) is 0.188. The van der Waals surface area contributed by atoms with Gasteiger partial charge >= 0.3 is 6.09 Å². The van der Waals surface area contributed by atoms with Crippen molar-refractivity contribution in [2.45, 2.75) is 12.5 Å². The predicted molar refractivity (Wildman–Crippen MR) is 74.9 cm³/mol. The third kappa shape index (κ3) is 2.76. The molecule has 19 heavy (non-hydrogen) atoms. The summed E-state index contributed by atoms with van der Waals surface area (Å²) in [5, 5.41) is 2.50. The first-order valence-electron chi connectivity index (χ1n) is 6.18. The summed E-state index contributed by atoms with van der Waals surface area (Å²) in [7, 11) is 1.55. The van der Waals surface area contributed by atoms with Gasteiger partial charge in [0.25, 0.3) is 0 Å². The van der Waals surface area contributed by atoms with E-state index in [1.807, 2.05) is 67.6 Å². The van der Waals surface area contributed by atoms with E-state index in [1.165, 1.54) is 0 Å². The van der Waals surface area contributed by atoms with Crippen LogP contribution in [0.1, 0.15) is 18.1 Å². The number of hydrogen-bond donors (Lipinski definition) is 1. The number of hydrogen-bond acceptors (Lipinski definition) is 2. The van der Waals surface area contributed by atoms with Crippen LogP contribution < -0.4 is 5.32 Å². The second-order valence-electron chi connectivity index (χ2n) is 4.40. The molecule has 0 unspecified atom stereocenters. The van der Waals surface area contributed by atoms with Crippen molar-refractivity contribution in [2.75, 3.05) is 7.05 Å². The molecular weight excluding hydrogens is 238 g/mol. The van der Waals surface area contributed by atoms with Crippen molar-refractivity contribution in [3.05, 3.63) is 71.8 Å². The maximum atomic E-state index is 11.6. The number of alkyl carbamates (subject to hydrolysis) is 1. The van der Waals surface area contributed by atoms with Crippen molar-refractivity contribution >= 4 is 6.09 Å². The number of carbonyl (C=O) groups is 1. The lowest BCUT2D eigenvalue weighted by molar-refractivity contribution is 0.0537. The molecule has 2 rings (SSSR count). The second kappa shape index (κ2) is 5.57. The number of ether oxygens (including phenoxy) is 1. The molecule has 0 aliphatic heterocycles. The first kappa shape index (κ1) is 13.1. The number of nitrogens with one attached hydrogen (secondary N) is 1. The van der Waals surface area contributed by atoms with Crippen molar-refractivity contribution in [1.82, 2.24) is 5.32 Å². The lowest BCUT2D eigenvalue weighted by atomic mass is 9.88. The van der Waals surface area contributed by atoms with Crippen molar-refractivity contribution in [3.63, 3.8) is 0 Å². The molecule has 2 aromatic carbocycles. The fourth-order valence-electron chi connectivity index (χ4n) is 2.03. The Morgan fingerprint density at radius 3 is 1.74 bits per heavy atom. The minimum atomic E-state index is -0.803. The molecule has 0 saturated carbocycles. The maximum absolute atomic E-state index is 11.6. The van der Waals surface area contributed by atoms with E-state index in [0.717, 1.165) is 11.1 Å². The monoisotopic (exact) mass is 255 g/mol. The Bertz CT molecular complexity index is 498. The van der Waals surface area contributed by atoms with Gasteiger partial charge in [-0.3, -0.25) is 0 Å². The Morgan fingerprint density at radius 1 is 0.947 bits per heavy atom. The van der Waals surface area contributed by atoms with Crippen LogP contribution in [0, 0.1) is 0 Å². The normalized spacial score (nSPS) is 10.8. The van der Waals surface area contributed by atoms with Gasteiger partial charge in [-0.25, -0.2) is 4.79 Å². The largest absolute Gasteiger partial charge is 0.433 e. The standard InChI is InChI=1S/C16H17NO2/c1-16(19-15(18)17-2,13-9-5-3-6-10-13)14-11-7-4-8-12-14/h3-12H,1-2H3,(H,17,18). The fourth-order valence-corrected chi connectivity index (χ4v) is 2.03. The highest BCUT2D eigenvalue weighted by atomic mass is 16.6. The van der Waals surface area contributed by atoms with Crippen molar-refractivity contribution < 1.29 is 9.53 Å². The van der Waals surface area contributed by atoms with Gasteiger partial charge in [0.2, 0.25) is 0 Å². The Labute approximate surface area is 113 Å². The Balaban J connectivity index is 2.47. The molecule has 3 heteroatoms. The van der Waals surface area contributed by atoms with Gasteiger partial charge in [-0.1, -0.05) is 60.7 Å². The molecule has 0 spiro atoms. The quantitative estimate of drug-likeness (QED) is 0.913. The molecule has 0 heterocycles. The van der Waals surface area contributed by atoms with E-state index in [0.29, 0.717) is 0 Å². The van der Waals surface area contributed by atoms with E-state index in [2.05, 4.69) is 5.32 Å². The zero-order valence-electron chi connectivity index (χ0n) is 11.1. The molecule has 0 saturated heterocycles. The van der Waals surface area contributed by atoms with Crippen molar-refractivity contribution in [1.29, 1.82) is 0 Å². The molecule has 0 aliphatic carbocycles. The highest BCUT2D eigenvalue weighted by Gasteiger charge is 2.32. The van der Waals surface area contributed by atoms with E-state index < -0.39 is 11.7 Å². The zero-order valence-corrected chi connectivity index (χ0v) is 11.1. The average Bonchev–Trinajstić information content (AvgIpc) is 2.48. The molecule has 0 fully saturated rings. The molecule has 0 atom stereocenters. The van der Waals surface area contributed by atoms with E-state index in [4.69, 9.17) is 4.74 Å². The highest BCUT2D eigenvalue weighted by molar-refractivity contribution is 5.68. The van der Waals surface area contributed by atoms with Crippen LogP contribution in [0.3, 0.4) is 0 Å². The summed E-state index contributed by atoms with van der Waals surface area (Å²) in [5.74, 6) is 0.